The van der Waals surface area contributed by atoms with E-state index in [2.05, 4.69) is 31.0 Å². The fraction of sp³-hybridized carbons (Fsp3) is 0.704. The molecule has 0 bridgehead atoms. The highest BCUT2D eigenvalue weighted by Gasteiger charge is 2.63. The Hall–Kier alpha value is -2.66. The van der Waals surface area contributed by atoms with Gasteiger partial charge in [0.05, 0.1) is 5.71 Å². The molecule has 0 spiro atoms. The van der Waals surface area contributed by atoms with Crippen molar-refractivity contribution in [3.8, 4) is 12.3 Å². The van der Waals surface area contributed by atoms with E-state index < -0.39 is 30.0 Å². The van der Waals surface area contributed by atoms with Crippen LogP contribution in [0.15, 0.2) is 16.8 Å². The zero-order valence-corrected chi connectivity index (χ0v) is 20.5. The predicted molar refractivity (Wildman–Crippen MR) is 126 cm³/mol. The lowest BCUT2D eigenvalue weighted by molar-refractivity contribution is -0.200. The summed E-state index contributed by atoms with van der Waals surface area (Å²) in [6.07, 6.45) is 15.5. The van der Waals surface area contributed by atoms with E-state index in [1.54, 1.807) is 0 Å². The van der Waals surface area contributed by atoms with Crippen LogP contribution in [0.3, 0.4) is 0 Å². The molecule has 1 saturated heterocycles. The van der Waals surface area contributed by atoms with Crippen molar-refractivity contribution in [2.75, 3.05) is 6.61 Å². The Balaban J connectivity index is 1.23. The molecule has 4 aliphatic carbocycles. The average Bonchev–Trinajstić information content (AvgIpc) is 3.29. The first-order valence-electron chi connectivity index (χ1n) is 12.8. The molecule has 0 radical (unpaired) electrons. The highest BCUT2D eigenvalue weighted by molar-refractivity contribution is 6.01. The minimum atomic E-state index is -0.986. The number of allylic oxidation sites excluding steroid dienone is 2. The lowest BCUT2D eigenvalue weighted by Crippen LogP contribution is -2.54. The smallest absolute Gasteiger partial charge is 0.373 e. The molecule has 8 nitrogen and oxygen atoms in total. The molecule has 1 aliphatic heterocycles. The molecule has 6 atom stereocenters. The number of hydroxylamine groups is 2. The first kappa shape index (κ1) is 24.1. The molecule has 5 rings (SSSR count). The van der Waals surface area contributed by atoms with Crippen LogP contribution in [0, 0.1) is 40.9 Å². The number of aliphatic hydroxyl groups is 1. The van der Waals surface area contributed by atoms with Gasteiger partial charge in [0.15, 0.2) is 0 Å². The van der Waals surface area contributed by atoms with Gasteiger partial charge in [0, 0.05) is 18.3 Å². The van der Waals surface area contributed by atoms with E-state index in [-0.39, 0.29) is 23.7 Å². The van der Waals surface area contributed by atoms with Crippen molar-refractivity contribution in [1.82, 2.24) is 5.06 Å². The molecule has 2 amide bonds. The molecule has 3 saturated carbocycles. The highest BCUT2D eigenvalue weighted by atomic mass is 16.7. The van der Waals surface area contributed by atoms with Crippen LogP contribution in [0.25, 0.3) is 0 Å². The number of terminal acetylenes is 1. The van der Waals surface area contributed by atoms with Crippen LogP contribution in [-0.4, -0.2) is 45.9 Å². The van der Waals surface area contributed by atoms with Crippen molar-refractivity contribution in [1.29, 1.82) is 0 Å². The maximum Gasteiger partial charge on any atom is 0.373 e. The lowest BCUT2D eigenvalue weighted by Gasteiger charge is -2.58. The molecule has 0 aromatic heterocycles. The Kier molecular flexibility index (Phi) is 5.83. The number of amides is 2. The van der Waals surface area contributed by atoms with Gasteiger partial charge in [-0.1, -0.05) is 30.5 Å². The van der Waals surface area contributed by atoms with Gasteiger partial charge in [0.1, 0.15) is 5.60 Å². The second-order valence-corrected chi connectivity index (χ2v) is 11.4. The SMILES string of the molecule is C#C[C@@]1(O)CC[C@H]2[C@@H]3CCC4=C/C(=N\OCC(=O)ON5C(=O)CCC5=O)CC[C@]4(C)[C@H]3CC[C@@]21C. The molecular formula is C27H34N2O6. The number of hydrogen-bond donors (Lipinski definition) is 1. The van der Waals surface area contributed by atoms with Gasteiger partial charge in [-0.2, -0.15) is 0 Å². The van der Waals surface area contributed by atoms with Crippen LogP contribution < -0.4 is 0 Å². The van der Waals surface area contributed by atoms with E-state index in [1.807, 2.05) is 0 Å². The summed E-state index contributed by atoms with van der Waals surface area (Å²) in [5.74, 6) is 2.46. The third-order valence-electron chi connectivity index (χ3n) is 9.93. The van der Waals surface area contributed by atoms with Gasteiger partial charge in [-0.05, 0) is 80.6 Å². The molecule has 188 valence electrons. The molecule has 5 aliphatic rings. The van der Waals surface area contributed by atoms with Crippen LogP contribution in [0.1, 0.15) is 78.1 Å². The minimum Gasteiger partial charge on any atom is -0.383 e. The van der Waals surface area contributed by atoms with Crippen molar-refractivity contribution < 1.29 is 29.2 Å². The van der Waals surface area contributed by atoms with Crippen molar-refractivity contribution >= 4 is 23.5 Å². The van der Waals surface area contributed by atoms with Gasteiger partial charge >= 0.3 is 5.97 Å². The Morgan fingerprint density at radius 3 is 2.54 bits per heavy atom. The first-order valence-corrected chi connectivity index (χ1v) is 12.8. The summed E-state index contributed by atoms with van der Waals surface area (Å²) in [6, 6.07) is 0. The van der Waals surface area contributed by atoms with E-state index in [1.165, 1.54) is 5.57 Å². The molecule has 0 unspecified atom stereocenters. The Labute approximate surface area is 206 Å². The molecular weight excluding hydrogens is 448 g/mol. The maximum atomic E-state index is 11.9. The zero-order chi connectivity index (χ0) is 25.0. The minimum absolute atomic E-state index is 0.0498. The average molecular weight is 483 g/mol. The zero-order valence-electron chi connectivity index (χ0n) is 20.5. The number of oxime groups is 1. The van der Waals surface area contributed by atoms with Crippen molar-refractivity contribution in [3.05, 3.63) is 11.6 Å². The van der Waals surface area contributed by atoms with Crippen molar-refractivity contribution in [2.45, 2.75) is 83.7 Å². The normalized spacial score (nSPS) is 41.5. The molecule has 4 fully saturated rings. The summed E-state index contributed by atoms with van der Waals surface area (Å²) in [5, 5.41) is 15.8. The van der Waals surface area contributed by atoms with E-state index >= 15 is 0 Å². The van der Waals surface area contributed by atoms with Crippen LogP contribution in [-0.2, 0) is 24.1 Å². The largest absolute Gasteiger partial charge is 0.383 e. The monoisotopic (exact) mass is 482 g/mol. The van der Waals surface area contributed by atoms with Gasteiger partial charge in [0.25, 0.3) is 11.8 Å². The number of imide groups is 1. The molecule has 35 heavy (non-hydrogen) atoms. The number of fused-ring (bicyclic) bond motifs is 5. The number of carbonyl (C=O) groups excluding carboxylic acids is 3. The summed E-state index contributed by atoms with van der Waals surface area (Å²) in [6.45, 7) is 4.11. The second-order valence-electron chi connectivity index (χ2n) is 11.4. The van der Waals surface area contributed by atoms with Crippen LogP contribution in [0.5, 0.6) is 0 Å². The Morgan fingerprint density at radius 2 is 1.83 bits per heavy atom. The summed E-state index contributed by atoms with van der Waals surface area (Å²) in [4.78, 5) is 45.1. The topological polar surface area (TPSA) is 106 Å². The van der Waals surface area contributed by atoms with Crippen molar-refractivity contribution in [3.63, 3.8) is 0 Å². The van der Waals surface area contributed by atoms with Gasteiger partial charge in [-0.3, -0.25) is 9.59 Å². The predicted octanol–water partition coefficient (Wildman–Crippen LogP) is 3.29. The summed E-state index contributed by atoms with van der Waals surface area (Å²) >= 11 is 0. The van der Waals surface area contributed by atoms with E-state index in [9.17, 15) is 19.5 Å². The molecule has 0 aromatic rings. The van der Waals surface area contributed by atoms with Crippen LogP contribution in [0.4, 0.5) is 0 Å². The summed E-state index contributed by atoms with van der Waals surface area (Å²) in [5.41, 5.74) is 1.08. The Bertz CT molecular complexity index is 1040. The Morgan fingerprint density at radius 1 is 1.11 bits per heavy atom. The third-order valence-corrected chi connectivity index (χ3v) is 9.93. The standard InChI is InChI=1S/C27H34N2O6/c1-4-27(33)14-11-21-19-6-5-17-15-18(9-12-25(17,2)20(19)10-13-26(21,27)3)28-34-16-24(32)35-29-22(30)7-8-23(29)31/h1,15,19-21,33H,5-14,16H2,2-3H3/b28-18-/t19-,20+,21+,25+,26+,27-/m1/s1. The lowest BCUT2D eigenvalue weighted by atomic mass is 9.46. The van der Waals surface area contributed by atoms with Crippen LogP contribution in [0.2, 0.25) is 0 Å². The second kappa shape index (κ2) is 8.48. The quantitative estimate of drug-likeness (QED) is 0.375. The van der Waals surface area contributed by atoms with Gasteiger partial charge in [-0.25, -0.2) is 4.79 Å². The fourth-order valence-electron chi connectivity index (χ4n) is 7.85. The number of hydrogen-bond acceptors (Lipinski definition) is 7. The van der Waals surface area contributed by atoms with Gasteiger partial charge in [-0.15, -0.1) is 11.5 Å². The van der Waals surface area contributed by atoms with Crippen molar-refractivity contribution in [2.24, 2.45) is 33.7 Å². The number of carbonyl (C=O) groups is 3. The first-order chi connectivity index (χ1) is 16.6. The molecule has 1 N–H and O–H groups in total. The van der Waals surface area contributed by atoms with Gasteiger partial charge in [0.2, 0.25) is 6.61 Å². The maximum absolute atomic E-state index is 11.9. The molecule has 8 heteroatoms. The fourth-order valence-corrected chi connectivity index (χ4v) is 7.85. The molecule has 0 aromatic carbocycles. The summed E-state index contributed by atoms with van der Waals surface area (Å²) in [7, 11) is 0. The highest BCUT2D eigenvalue weighted by Crippen LogP contribution is 2.67. The molecule has 1 heterocycles. The third kappa shape index (κ3) is 3.70. The van der Waals surface area contributed by atoms with Crippen LogP contribution >= 0.6 is 0 Å². The van der Waals surface area contributed by atoms with Gasteiger partial charge < -0.3 is 14.8 Å². The van der Waals surface area contributed by atoms with E-state index in [4.69, 9.17) is 16.1 Å². The van der Waals surface area contributed by atoms with E-state index in [0.717, 1.165) is 50.7 Å². The number of nitrogens with zero attached hydrogens (tertiary/aromatic N) is 2. The summed E-state index contributed by atoms with van der Waals surface area (Å²) < 4.78 is 0. The number of rotatable bonds is 4. The van der Waals surface area contributed by atoms with E-state index in [0.29, 0.717) is 29.2 Å².